The summed E-state index contributed by atoms with van der Waals surface area (Å²) in [7, 11) is 0. The van der Waals surface area contributed by atoms with Crippen molar-refractivity contribution in [1.82, 2.24) is 0 Å². The lowest BCUT2D eigenvalue weighted by atomic mass is 10.0. The van der Waals surface area contributed by atoms with Crippen LogP contribution in [-0.4, -0.2) is 37.2 Å². The van der Waals surface area contributed by atoms with Crippen LogP contribution in [0, 0.1) is 0 Å². The molecule has 0 aromatic rings. The predicted molar refractivity (Wildman–Crippen MR) is 325 cm³/mol. The van der Waals surface area contributed by atoms with Crippen LogP contribution in [-0.2, 0) is 28.6 Å². The summed E-state index contributed by atoms with van der Waals surface area (Å²) in [5.74, 6) is -0.871. The molecule has 0 aliphatic rings. The molecule has 0 amide bonds. The molecule has 0 spiro atoms. The number of carbonyl (C=O) groups excluding carboxylic acids is 3. The Kier molecular flexibility index (Phi) is 61.7. The van der Waals surface area contributed by atoms with E-state index in [0.717, 1.165) is 89.9 Å². The second-order valence-electron chi connectivity index (χ2n) is 22.4. The molecule has 1 atom stereocenters. The molecule has 75 heavy (non-hydrogen) atoms. The van der Waals surface area contributed by atoms with E-state index in [2.05, 4.69) is 69.4 Å². The summed E-state index contributed by atoms with van der Waals surface area (Å²) < 4.78 is 16.9. The highest BCUT2D eigenvalue weighted by Gasteiger charge is 2.19. The average Bonchev–Trinajstić information content (AvgIpc) is 3.41. The van der Waals surface area contributed by atoms with Crippen molar-refractivity contribution < 1.29 is 28.6 Å². The molecule has 0 rings (SSSR count). The molecule has 0 aromatic heterocycles. The van der Waals surface area contributed by atoms with E-state index >= 15 is 0 Å². The Morgan fingerprint density at radius 3 is 0.773 bits per heavy atom. The van der Waals surface area contributed by atoms with Gasteiger partial charge in [-0.25, -0.2) is 0 Å². The number of hydrogen-bond acceptors (Lipinski definition) is 6. The Morgan fingerprint density at radius 1 is 0.267 bits per heavy atom. The molecule has 0 fully saturated rings. The van der Waals surface area contributed by atoms with Crippen LogP contribution in [0.5, 0.6) is 0 Å². The average molecular weight is 1050 g/mol. The maximum atomic E-state index is 12.8. The second-order valence-corrected chi connectivity index (χ2v) is 22.4. The van der Waals surface area contributed by atoms with Gasteiger partial charge in [0.25, 0.3) is 0 Å². The maximum absolute atomic E-state index is 12.8. The molecular weight excluding hydrogens is 925 g/mol. The SMILES string of the molecule is CCCC/C=C\C/C=C\CCCCCCCC(=O)OC(COC(=O)CCCCCCCCCCCC)COC(=O)CCCCCCCCCCCCCCCCCCCCCCC/C=C\C/C=C\CCCCCCC. The summed E-state index contributed by atoms with van der Waals surface area (Å²) in [6.45, 7) is 6.61. The Hall–Kier alpha value is -2.63. The molecule has 0 aliphatic carbocycles. The smallest absolute Gasteiger partial charge is 0.306 e. The minimum absolute atomic E-state index is 0.0740. The molecule has 0 aliphatic heterocycles. The van der Waals surface area contributed by atoms with Crippen molar-refractivity contribution in [3.8, 4) is 0 Å². The summed E-state index contributed by atoms with van der Waals surface area (Å²) in [5.41, 5.74) is 0. The third-order valence-electron chi connectivity index (χ3n) is 14.8. The summed E-state index contributed by atoms with van der Waals surface area (Å²) in [6.07, 6.45) is 80.1. The van der Waals surface area contributed by atoms with Gasteiger partial charge in [0.15, 0.2) is 6.10 Å². The predicted octanol–water partition coefficient (Wildman–Crippen LogP) is 22.6. The van der Waals surface area contributed by atoms with Gasteiger partial charge in [-0.15, -0.1) is 0 Å². The third kappa shape index (κ3) is 62.1. The first-order chi connectivity index (χ1) is 37.0. The standard InChI is InChI=1S/C69H126O6/c1-4-7-10-13-16-19-22-24-26-27-28-29-30-31-32-33-34-35-36-37-38-39-40-41-42-43-44-46-47-50-53-56-59-62-68(71)74-65-66(64-73-67(70)61-58-55-52-49-21-18-15-12-9-6-3)75-69(72)63-60-57-54-51-48-45-25-23-20-17-14-11-8-5-2/h14,17,22-25,27-28,66H,4-13,15-16,18-21,26,29-65H2,1-3H3/b17-14-,24-22-,25-23-,28-27-. The van der Waals surface area contributed by atoms with Crippen LogP contribution in [0.2, 0.25) is 0 Å². The fraction of sp³-hybridized carbons (Fsp3) is 0.841. The number of esters is 3. The normalized spacial score (nSPS) is 12.3. The monoisotopic (exact) mass is 1050 g/mol. The van der Waals surface area contributed by atoms with E-state index in [-0.39, 0.29) is 31.1 Å². The number of allylic oxidation sites excluding steroid dienone is 8. The zero-order chi connectivity index (χ0) is 54.3. The lowest BCUT2D eigenvalue weighted by Gasteiger charge is -2.18. The first-order valence-corrected chi connectivity index (χ1v) is 33.1. The number of ether oxygens (including phenoxy) is 3. The Bertz CT molecular complexity index is 1300. The van der Waals surface area contributed by atoms with E-state index in [1.54, 1.807) is 0 Å². The molecule has 0 saturated carbocycles. The van der Waals surface area contributed by atoms with Crippen LogP contribution in [0.3, 0.4) is 0 Å². The number of unbranched alkanes of at least 4 members (excludes halogenated alkanes) is 42. The molecule has 0 N–H and O–H groups in total. The van der Waals surface area contributed by atoms with Crippen LogP contribution >= 0.6 is 0 Å². The first kappa shape index (κ1) is 72.4. The van der Waals surface area contributed by atoms with Gasteiger partial charge in [-0.05, 0) is 77.0 Å². The van der Waals surface area contributed by atoms with E-state index < -0.39 is 6.10 Å². The van der Waals surface area contributed by atoms with Gasteiger partial charge in [0.05, 0.1) is 0 Å². The topological polar surface area (TPSA) is 78.9 Å². The van der Waals surface area contributed by atoms with E-state index in [1.165, 1.54) is 225 Å². The van der Waals surface area contributed by atoms with Crippen LogP contribution in [0.4, 0.5) is 0 Å². The number of hydrogen-bond donors (Lipinski definition) is 0. The lowest BCUT2D eigenvalue weighted by Crippen LogP contribution is -2.30. The zero-order valence-corrected chi connectivity index (χ0v) is 50.3. The van der Waals surface area contributed by atoms with E-state index in [0.29, 0.717) is 19.3 Å². The Balaban J connectivity index is 4.03. The fourth-order valence-electron chi connectivity index (χ4n) is 9.79. The number of carbonyl (C=O) groups is 3. The van der Waals surface area contributed by atoms with Gasteiger partial charge >= 0.3 is 17.9 Å². The van der Waals surface area contributed by atoms with E-state index in [4.69, 9.17) is 14.2 Å². The minimum atomic E-state index is -0.776. The summed E-state index contributed by atoms with van der Waals surface area (Å²) in [4.78, 5) is 38.1. The highest BCUT2D eigenvalue weighted by Crippen LogP contribution is 2.18. The molecule has 0 heterocycles. The van der Waals surface area contributed by atoms with Crippen molar-refractivity contribution in [2.75, 3.05) is 13.2 Å². The largest absolute Gasteiger partial charge is 0.462 e. The Morgan fingerprint density at radius 2 is 0.493 bits per heavy atom. The lowest BCUT2D eigenvalue weighted by molar-refractivity contribution is -0.167. The summed E-state index contributed by atoms with van der Waals surface area (Å²) in [6, 6.07) is 0. The second kappa shape index (κ2) is 63.9. The van der Waals surface area contributed by atoms with Crippen LogP contribution in [0.15, 0.2) is 48.6 Å². The molecule has 438 valence electrons. The van der Waals surface area contributed by atoms with Gasteiger partial charge in [-0.3, -0.25) is 14.4 Å². The van der Waals surface area contributed by atoms with Crippen molar-refractivity contribution in [2.24, 2.45) is 0 Å². The van der Waals surface area contributed by atoms with Gasteiger partial charge in [0.1, 0.15) is 13.2 Å². The van der Waals surface area contributed by atoms with Crippen molar-refractivity contribution in [2.45, 2.75) is 361 Å². The molecular formula is C69H126O6. The minimum Gasteiger partial charge on any atom is -0.462 e. The van der Waals surface area contributed by atoms with Crippen LogP contribution in [0.25, 0.3) is 0 Å². The van der Waals surface area contributed by atoms with Gasteiger partial charge in [0.2, 0.25) is 0 Å². The highest BCUT2D eigenvalue weighted by molar-refractivity contribution is 5.71. The van der Waals surface area contributed by atoms with Gasteiger partial charge < -0.3 is 14.2 Å². The van der Waals surface area contributed by atoms with Crippen LogP contribution in [0.1, 0.15) is 355 Å². The summed E-state index contributed by atoms with van der Waals surface area (Å²) >= 11 is 0. The third-order valence-corrected chi connectivity index (χ3v) is 14.8. The first-order valence-electron chi connectivity index (χ1n) is 33.1. The molecule has 0 saturated heterocycles. The van der Waals surface area contributed by atoms with E-state index in [9.17, 15) is 14.4 Å². The molecule has 0 radical (unpaired) electrons. The fourth-order valence-corrected chi connectivity index (χ4v) is 9.79. The maximum Gasteiger partial charge on any atom is 0.306 e. The zero-order valence-electron chi connectivity index (χ0n) is 50.3. The van der Waals surface area contributed by atoms with Gasteiger partial charge in [0, 0.05) is 19.3 Å². The molecule has 6 nitrogen and oxygen atoms in total. The molecule has 6 heteroatoms. The summed E-state index contributed by atoms with van der Waals surface area (Å²) in [5, 5.41) is 0. The van der Waals surface area contributed by atoms with Gasteiger partial charge in [-0.2, -0.15) is 0 Å². The quantitative estimate of drug-likeness (QED) is 0.0261. The van der Waals surface area contributed by atoms with E-state index in [1.807, 2.05) is 0 Å². The molecule has 0 aromatic carbocycles. The molecule has 1 unspecified atom stereocenters. The molecule has 0 bridgehead atoms. The number of rotatable bonds is 61. The van der Waals surface area contributed by atoms with Crippen LogP contribution < -0.4 is 0 Å². The van der Waals surface area contributed by atoms with Gasteiger partial charge in [-0.1, -0.05) is 307 Å². The van der Waals surface area contributed by atoms with Crippen molar-refractivity contribution in [1.29, 1.82) is 0 Å². The Labute approximate surface area is 467 Å². The van der Waals surface area contributed by atoms with Crippen molar-refractivity contribution >= 4 is 17.9 Å². The van der Waals surface area contributed by atoms with Crippen molar-refractivity contribution in [3.63, 3.8) is 0 Å². The highest BCUT2D eigenvalue weighted by atomic mass is 16.6. The van der Waals surface area contributed by atoms with Crippen molar-refractivity contribution in [3.05, 3.63) is 48.6 Å².